The van der Waals surface area contributed by atoms with E-state index in [9.17, 15) is 4.39 Å². The van der Waals surface area contributed by atoms with Crippen LogP contribution in [0.5, 0.6) is 5.75 Å². The maximum absolute atomic E-state index is 14.3. The normalized spacial score (nSPS) is 15.9. The van der Waals surface area contributed by atoms with Crippen molar-refractivity contribution < 1.29 is 9.13 Å². The lowest BCUT2D eigenvalue weighted by Crippen LogP contribution is -2.23. The van der Waals surface area contributed by atoms with E-state index in [1.807, 2.05) is 12.1 Å². The van der Waals surface area contributed by atoms with E-state index in [1.54, 1.807) is 18.2 Å². The van der Waals surface area contributed by atoms with E-state index in [4.69, 9.17) is 10.5 Å². The Hall–Kier alpha value is -1.87. The van der Waals surface area contributed by atoms with Crippen LogP contribution in [0.4, 0.5) is 4.39 Å². The minimum Gasteiger partial charge on any atom is -0.494 e. The Kier molecular flexibility index (Phi) is 3.45. The molecule has 2 nitrogen and oxygen atoms in total. The van der Waals surface area contributed by atoms with Gasteiger partial charge in [-0.3, -0.25) is 0 Å². The fraction of sp³-hybridized carbons (Fsp3) is 0.294. The van der Waals surface area contributed by atoms with Crippen LogP contribution in [0.1, 0.15) is 22.7 Å². The van der Waals surface area contributed by atoms with Crippen molar-refractivity contribution >= 4 is 0 Å². The monoisotopic (exact) mass is 271 g/mol. The fourth-order valence-corrected chi connectivity index (χ4v) is 3.04. The first-order valence-electron chi connectivity index (χ1n) is 6.85. The molecule has 2 aromatic carbocycles. The van der Waals surface area contributed by atoms with Crippen molar-refractivity contribution in [2.24, 2.45) is 11.7 Å². The zero-order valence-electron chi connectivity index (χ0n) is 11.5. The van der Waals surface area contributed by atoms with E-state index in [0.717, 1.165) is 12.8 Å². The van der Waals surface area contributed by atoms with E-state index in [-0.39, 0.29) is 23.5 Å². The van der Waals surface area contributed by atoms with Crippen LogP contribution in [0.2, 0.25) is 0 Å². The van der Waals surface area contributed by atoms with Crippen LogP contribution in [0.25, 0.3) is 0 Å². The lowest BCUT2D eigenvalue weighted by Gasteiger charge is -2.20. The second-order valence-corrected chi connectivity index (χ2v) is 5.33. The molecule has 104 valence electrons. The van der Waals surface area contributed by atoms with Gasteiger partial charge in [0.05, 0.1) is 7.11 Å². The molecule has 0 bridgehead atoms. The van der Waals surface area contributed by atoms with Crippen LogP contribution >= 0.6 is 0 Å². The highest BCUT2D eigenvalue weighted by Gasteiger charge is 2.29. The minimum absolute atomic E-state index is 0.244. The van der Waals surface area contributed by atoms with Gasteiger partial charge in [0, 0.05) is 11.6 Å². The third kappa shape index (κ3) is 2.18. The number of methoxy groups -OCH3 is 1. The lowest BCUT2D eigenvalue weighted by molar-refractivity contribution is 0.374. The third-order valence-electron chi connectivity index (χ3n) is 4.16. The fourth-order valence-electron chi connectivity index (χ4n) is 3.04. The first kappa shape index (κ1) is 13.1. The van der Waals surface area contributed by atoms with Crippen LogP contribution < -0.4 is 10.5 Å². The van der Waals surface area contributed by atoms with Gasteiger partial charge in [-0.05, 0) is 36.0 Å². The van der Waals surface area contributed by atoms with Crippen LogP contribution in [0.15, 0.2) is 42.5 Å². The van der Waals surface area contributed by atoms with Gasteiger partial charge < -0.3 is 10.5 Å². The number of benzene rings is 2. The number of ether oxygens (including phenoxy) is 1. The largest absolute Gasteiger partial charge is 0.494 e. The summed E-state index contributed by atoms with van der Waals surface area (Å²) in [6.45, 7) is 0. The summed E-state index contributed by atoms with van der Waals surface area (Å²) in [6, 6.07) is 13.2. The van der Waals surface area contributed by atoms with E-state index in [0.29, 0.717) is 5.56 Å². The van der Waals surface area contributed by atoms with Crippen LogP contribution in [0, 0.1) is 11.7 Å². The molecule has 1 atom stereocenters. The van der Waals surface area contributed by atoms with Crippen molar-refractivity contribution in [2.75, 3.05) is 7.11 Å². The Bertz CT molecular complexity index is 601. The number of hydrogen-bond donors (Lipinski definition) is 1. The standard InChI is InChI=1S/C17H18FNO/c1-20-15-8-4-7-14(16(15)18)17(19)13-9-11-5-2-3-6-12(11)10-13/h2-8,13,17H,9-10,19H2,1H3. The van der Waals surface area contributed by atoms with Gasteiger partial charge in [0.2, 0.25) is 0 Å². The number of nitrogens with two attached hydrogens (primary N) is 1. The molecule has 0 aliphatic heterocycles. The summed E-state index contributed by atoms with van der Waals surface area (Å²) >= 11 is 0. The summed E-state index contributed by atoms with van der Waals surface area (Å²) in [5.74, 6) is 0.168. The van der Waals surface area contributed by atoms with Gasteiger partial charge in [0.15, 0.2) is 11.6 Å². The molecule has 0 amide bonds. The summed E-state index contributed by atoms with van der Waals surface area (Å²) in [7, 11) is 1.47. The SMILES string of the molecule is COc1cccc(C(N)C2Cc3ccccc3C2)c1F. The summed E-state index contributed by atoms with van der Waals surface area (Å²) < 4.78 is 19.3. The molecule has 3 heteroatoms. The molecule has 0 fully saturated rings. The van der Waals surface area contributed by atoms with E-state index in [2.05, 4.69) is 12.1 Å². The molecule has 2 aromatic rings. The highest BCUT2D eigenvalue weighted by Crippen LogP contribution is 2.36. The van der Waals surface area contributed by atoms with E-state index in [1.165, 1.54) is 18.2 Å². The quantitative estimate of drug-likeness (QED) is 0.930. The van der Waals surface area contributed by atoms with Crippen LogP contribution in [0.3, 0.4) is 0 Å². The first-order valence-corrected chi connectivity index (χ1v) is 6.85. The summed E-state index contributed by atoms with van der Waals surface area (Å²) in [4.78, 5) is 0. The first-order chi connectivity index (χ1) is 9.70. The Balaban J connectivity index is 1.86. The van der Waals surface area contributed by atoms with Gasteiger partial charge in [-0.2, -0.15) is 0 Å². The maximum atomic E-state index is 14.3. The van der Waals surface area contributed by atoms with Gasteiger partial charge in [-0.1, -0.05) is 36.4 Å². The van der Waals surface area contributed by atoms with E-state index < -0.39 is 0 Å². The average molecular weight is 271 g/mol. The van der Waals surface area contributed by atoms with Gasteiger partial charge in [0.1, 0.15) is 0 Å². The predicted octanol–water partition coefficient (Wildman–Crippen LogP) is 3.25. The molecule has 0 radical (unpaired) electrons. The second kappa shape index (κ2) is 5.25. The molecule has 0 saturated heterocycles. The topological polar surface area (TPSA) is 35.2 Å². The number of fused-ring (bicyclic) bond motifs is 1. The van der Waals surface area contributed by atoms with Crippen molar-refractivity contribution in [1.82, 2.24) is 0 Å². The number of hydrogen-bond acceptors (Lipinski definition) is 2. The molecule has 20 heavy (non-hydrogen) atoms. The van der Waals surface area contributed by atoms with Crippen molar-refractivity contribution in [3.8, 4) is 5.75 Å². The molecular formula is C17H18FNO. The Morgan fingerprint density at radius 2 is 1.75 bits per heavy atom. The number of halogens is 1. The van der Waals surface area contributed by atoms with E-state index >= 15 is 0 Å². The van der Waals surface area contributed by atoms with Crippen molar-refractivity contribution in [3.63, 3.8) is 0 Å². The maximum Gasteiger partial charge on any atom is 0.169 e. The Morgan fingerprint density at radius 1 is 1.10 bits per heavy atom. The second-order valence-electron chi connectivity index (χ2n) is 5.33. The minimum atomic E-state index is -0.335. The predicted molar refractivity (Wildman–Crippen MR) is 77.2 cm³/mol. The van der Waals surface area contributed by atoms with Gasteiger partial charge >= 0.3 is 0 Å². The Labute approximate surface area is 118 Å². The molecule has 2 N–H and O–H groups in total. The molecule has 0 saturated carbocycles. The zero-order chi connectivity index (χ0) is 14.1. The van der Waals surface area contributed by atoms with Crippen molar-refractivity contribution in [3.05, 3.63) is 65.0 Å². The van der Waals surface area contributed by atoms with Gasteiger partial charge in [0.25, 0.3) is 0 Å². The molecule has 0 spiro atoms. The van der Waals surface area contributed by atoms with Gasteiger partial charge in [-0.15, -0.1) is 0 Å². The van der Waals surface area contributed by atoms with Crippen molar-refractivity contribution in [2.45, 2.75) is 18.9 Å². The molecule has 1 aliphatic carbocycles. The molecule has 1 aliphatic rings. The lowest BCUT2D eigenvalue weighted by atomic mass is 9.91. The number of rotatable bonds is 3. The van der Waals surface area contributed by atoms with Gasteiger partial charge in [-0.25, -0.2) is 4.39 Å². The molecule has 1 unspecified atom stereocenters. The van der Waals surface area contributed by atoms with Crippen LogP contribution in [-0.4, -0.2) is 7.11 Å². The Morgan fingerprint density at radius 3 is 2.35 bits per heavy atom. The third-order valence-corrected chi connectivity index (χ3v) is 4.16. The molecule has 3 rings (SSSR count). The zero-order valence-corrected chi connectivity index (χ0v) is 11.5. The highest BCUT2D eigenvalue weighted by molar-refractivity contribution is 5.37. The smallest absolute Gasteiger partial charge is 0.169 e. The van der Waals surface area contributed by atoms with Crippen LogP contribution in [-0.2, 0) is 12.8 Å². The summed E-state index contributed by atoms with van der Waals surface area (Å²) in [5.41, 5.74) is 9.51. The molecule has 0 heterocycles. The summed E-state index contributed by atoms with van der Waals surface area (Å²) in [6.07, 6.45) is 1.82. The molecule has 0 aromatic heterocycles. The average Bonchev–Trinajstić information content (AvgIpc) is 2.90. The summed E-state index contributed by atoms with van der Waals surface area (Å²) in [5, 5.41) is 0. The highest BCUT2D eigenvalue weighted by atomic mass is 19.1. The van der Waals surface area contributed by atoms with Crippen molar-refractivity contribution in [1.29, 1.82) is 0 Å². The molecular weight excluding hydrogens is 253 g/mol.